The molecule has 0 aliphatic heterocycles. The lowest BCUT2D eigenvalue weighted by Crippen LogP contribution is -2.29. The summed E-state index contributed by atoms with van der Waals surface area (Å²) in [6, 6.07) is 2.96. The number of aromatic nitrogens is 2. The van der Waals surface area contributed by atoms with Crippen LogP contribution >= 0.6 is 0 Å². The number of nitrogens with zero attached hydrogens (tertiary/aromatic N) is 2. The lowest BCUT2D eigenvalue weighted by Gasteiger charge is -2.06. The second-order valence-electron chi connectivity index (χ2n) is 2.03. The molecule has 1 aromatic rings. The lowest BCUT2D eigenvalue weighted by atomic mass is 10.5. The largest absolute Gasteiger partial charge is 0.306 e. The van der Waals surface area contributed by atoms with Gasteiger partial charge in [-0.25, -0.2) is 4.68 Å². The maximum atomic E-state index is 11.0. The molecule has 0 bridgehead atoms. The molecule has 0 spiro atoms. The molecule has 58 valence electrons. The molecule has 1 atom stereocenters. The van der Waals surface area contributed by atoms with Gasteiger partial charge in [0.05, 0.1) is 0 Å². The minimum Gasteiger partial charge on any atom is -0.306 e. The van der Waals surface area contributed by atoms with Crippen LogP contribution in [-0.2, 0) is 0 Å². The normalized spacial score (nSPS) is 12.5. The first-order chi connectivity index (χ1) is 5.25. The highest BCUT2D eigenvalue weighted by Crippen LogP contribution is 1.89. The van der Waals surface area contributed by atoms with E-state index in [0.29, 0.717) is 0 Å². The predicted molar refractivity (Wildman–Crippen MR) is 41.9 cm³/mol. The van der Waals surface area contributed by atoms with Gasteiger partial charge in [0.1, 0.15) is 6.17 Å². The van der Waals surface area contributed by atoms with Crippen molar-refractivity contribution in [2.45, 2.75) is 6.17 Å². The van der Waals surface area contributed by atoms with E-state index in [-0.39, 0.29) is 5.56 Å². The van der Waals surface area contributed by atoms with Crippen molar-refractivity contribution in [3.05, 3.63) is 41.3 Å². The quantitative estimate of drug-likeness (QED) is 0.600. The van der Waals surface area contributed by atoms with Gasteiger partial charge < -0.3 is 5.73 Å². The third-order valence-corrected chi connectivity index (χ3v) is 1.27. The maximum Gasteiger partial charge on any atom is 0.268 e. The third kappa shape index (κ3) is 1.53. The maximum absolute atomic E-state index is 11.0. The SMILES string of the molecule is C=CC(N)n1ncccc1=O. The van der Waals surface area contributed by atoms with Gasteiger partial charge in [0.2, 0.25) is 0 Å². The summed E-state index contributed by atoms with van der Waals surface area (Å²) in [6.07, 6.45) is 2.42. The van der Waals surface area contributed by atoms with E-state index < -0.39 is 6.17 Å². The van der Waals surface area contributed by atoms with Gasteiger partial charge in [0.15, 0.2) is 0 Å². The van der Waals surface area contributed by atoms with Crippen molar-refractivity contribution in [1.82, 2.24) is 9.78 Å². The summed E-state index contributed by atoms with van der Waals surface area (Å²) in [5.74, 6) is 0. The monoisotopic (exact) mass is 151 g/mol. The molecule has 0 aromatic carbocycles. The first kappa shape index (κ1) is 7.68. The zero-order valence-corrected chi connectivity index (χ0v) is 5.97. The second kappa shape index (κ2) is 3.12. The standard InChI is InChI=1S/C7H9N3O/c1-2-6(8)10-7(11)4-3-5-9-10/h2-6H,1,8H2. The molecule has 4 nitrogen and oxygen atoms in total. The number of hydrogen-bond donors (Lipinski definition) is 1. The summed E-state index contributed by atoms with van der Waals surface area (Å²) < 4.78 is 1.16. The van der Waals surface area contributed by atoms with Crippen molar-refractivity contribution >= 4 is 0 Å². The van der Waals surface area contributed by atoms with Gasteiger partial charge in [0.25, 0.3) is 5.56 Å². The van der Waals surface area contributed by atoms with E-state index in [0.717, 1.165) is 4.68 Å². The molecule has 0 aliphatic rings. The Bertz CT molecular complexity index is 305. The van der Waals surface area contributed by atoms with E-state index in [9.17, 15) is 4.79 Å². The Balaban J connectivity index is 3.13. The molecule has 2 N–H and O–H groups in total. The third-order valence-electron chi connectivity index (χ3n) is 1.27. The Morgan fingerprint density at radius 1 is 1.82 bits per heavy atom. The van der Waals surface area contributed by atoms with Crippen LogP contribution < -0.4 is 11.3 Å². The van der Waals surface area contributed by atoms with E-state index in [1.54, 1.807) is 6.07 Å². The summed E-state index contributed by atoms with van der Waals surface area (Å²) in [5, 5.41) is 3.76. The summed E-state index contributed by atoms with van der Waals surface area (Å²) >= 11 is 0. The molecule has 1 rings (SSSR count). The van der Waals surface area contributed by atoms with E-state index in [1.165, 1.54) is 18.3 Å². The number of rotatable bonds is 2. The molecule has 0 radical (unpaired) electrons. The number of nitrogens with two attached hydrogens (primary N) is 1. The Labute approximate surface area is 64.0 Å². The fraction of sp³-hybridized carbons (Fsp3) is 0.143. The van der Waals surface area contributed by atoms with Crippen LogP contribution in [0.25, 0.3) is 0 Å². The molecule has 1 aromatic heterocycles. The van der Waals surface area contributed by atoms with Crippen LogP contribution in [0.1, 0.15) is 6.17 Å². The minimum absolute atomic E-state index is 0.222. The molecule has 0 fully saturated rings. The molecule has 0 amide bonds. The van der Waals surface area contributed by atoms with Crippen LogP contribution in [0.4, 0.5) is 0 Å². The van der Waals surface area contributed by atoms with Crippen LogP contribution in [0.15, 0.2) is 35.8 Å². The molecule has 11 heavy (non-hydrogen) atoms. The summed E-state index contributed by atoms with van der Waals surface area (Å²) in [5.41, 5.74) is 5.26. The molecule has 0 aliphatic carbocycles. The molecule has 4 heteroatoms. The van der Waals surface area contributed by atoms with Crippen molar-refractivity contribution in [2.75, 3.05) is 0 Å². The van der Waals surface area contributed by atoms with Crippen molar-refractivity contribution in [1.29, 1.82) is 0 Å². The highest BCUT2D eigenvalue weighted by molar-refractivity contribution is 4.89. The molecular weight excluding hydrogens is 142 g/mol. The van der Waals surface area contributed by atoms with Gasteiger partial charge in [-0.1, -0.05) is 12.7 Å². The molecule has 0 saturated carbocycles. The van der Waals surface area contributed by atoms with Crippen LogP contribution in [0.2, 0.25) is 0 Å². The molecule has 1 unspecified atom stereocenters. The average Bonchev–Trinajstić information content (AvgIpc) is 2.04. The van der Waals surface area contributed by atoms with E-state index in [4.69, 9.17) is 5.73 Å². The Morgan fingerprint density at radius 3 is 3.09 bits per heavy atom. The summed E-state index contributed by atoms with van der Waals surface area (Å²) in [4.78, 5) is 11.0. The van der Waals surface area contributed by atoms with Gasteiger partial charge >= 0.3 is 0 Å². The fourth-order valence-corrected chi connectivity index (χ4v) is 0.693. The van der Waals surface area contributed by atoms with Crippen LogP contribution in [0, 0.1) is 0 Å². The molecule has 1 heterocycles. The zero-order chi connectivity index (χ0) is 8.27. The minimum atomic E-state index is -0.538. The van der Waals surface area contributed by atoms with Crippen molar-refractivity contribution in [3.63, 3.8) is 0 Å². The lowest BCUT2D eigenvalue weighted by molar-refractivity contribution is 0.526. The highest BCUT2D eigenvalue weighted by Gasteiger charge is 2.00. The fourth-order valence-electron chi connectivity index (χ4n) is 0.693. The van der Waals surface area contributed by atoms with Crippen LogP contribution in [-0.4, -0.2) is 9.78 Å². The van der Waals surface area contributed by atoms with E-state index >= 15 is 0 Å². The van der Waals surface area contributed by atoms with E-state index in [1.807, 2.05) is 0 Å². The summed E-state index contributed by atoms with van der Waals surface area (Å²) in [6.45, 7) is 3.45. The van der Waals surface area contributed by atoms with Gasteiger partial charge in [-0.3, -0.25) is 4.79 Å². The van der Waals surface area contributed by atoms with Crippen LogP contribution in [0.5, 0.6) is 0 Å². The second-order valence-corrected chi connectivity index (χ2v) is 2.03. The van der Waals surface area contributed by atoms with E-state index in [2.05, 4.69) is 11.7 Å². The Hall–Kier alpha value is -1.42. The first-order valence-electron chi connectivity index (χ1n) is 3.17. The van der Waals surface area contributed by atoms with Gasteiger partial charge in [-0.05, 0) is 6.07 Å². The number of hydrogen-bond acceptors (Lipinski definition) is 3. The highest BCUT2D eigenvalue weighted by atomic mass is 16.1. The van der Waals surface area contributed by atoms with Crippen molar-refractivity contribution < 1.29 is 0 Å². The molecular formula is C7H9N3O. The average molecular weight is 151 g/mol. The smallest absolute Gasteiger partial charge is 0.268 e. The summed E-state index contributed by atoms with van der Waals surface area (Å²) in [7, 11) is 0. The molecule has 0 saturated heterocycles. The van der Waals surface area contributed by atoms with Crippen molar-refractivity contribution in [2.24, 2.45) is 5.73 Å². The topological polar surface area (TPSA) is 60.9 Å². The Morgan fingerprint density at radius 2 is 2.55 bits per heavy atom. The van der Waals surface area contributed by atoms with Gasteiger partial charge in [-0.15, -0.1) is 0 Å². The van der Waals surface area contributed by atoms with Crippen LogP contribution in [0.3, 0.4) is 0 Å². The first-order valence-corrected chi connectivity index (χ1v) is 3.17. The van der Waals surface area contributed by atoms with Gasteiger partial charge in [-0.2, -0.15) is 5.10 Å². The van der Waals surface area contributed by atoms with Gasteiger partial charge in [0, 0.05) is 12.3 Å². The van der Waals surface area contributed by atoms with Crippen molar-refractivity contribution in [3.8, 4) is 0 Å². The zero-order valence-electron chi connectivity index (χ0n) is 5.97. The predicted octanol–water partition coefficient (Wildman–Crippen LogP) is -0.113. The Kier molecular flexibility index (Phi) is 2.18.